The van der Waals surface area contributed by atoms with Gasteiger partial charge in [-0.2, -0.15) is 0 Å². The van der Waals surface area contributed by atoms with Crippen molar-refractivity contribution < 1.29 is 13.3 Å². The zero-order valence-electron chi connectivity index (χ0n) is 10.8. The van der Waals surface area contributed by atoms with Gasteiger partial charge in [0.2, 0.25) is 0 Å². The van der Waals surface area contributed by atoms with Crippen LogP contribution >= 0.6 is 11.6 Å². The molecule has 0 atom stereocenters. The minimum absolute atomic E-state index is 0.0529. The van der Waals surface area contributed by atoms with E-state index < -0.39 is 14.9 Å². The number of hydrogen-bond donors (Lipinski definition) is 1. The maximum absolute atomic E-state index is 12.1. The summed E-state index contributed by atoms with van der Waals surface area (Å²) in [4.78, 5) is 13.8. The Morgan fingerprint density at radius 1 is 1.29 bits per heavy atom. The van der Waals surface area contributed by atoms with Gasteiger partial charge in [0, 0.05) is 23.5 Å². The molecule has 1 heterocycles. The molecule has 0 spiro atoms. The maximum atomic E-state index is 12.1. The Labute approximate surface area is 125 Å². The molecule has 1 aromatic heterocycles. The van der Waals surface area contributed by atoms with Gasteiger partial charge in [-0.1, -0.05) is 11.6 Å². The smallest absolute Gasteiger partial charge is 0.272 e. The highest BCUT2D eigenvalue weighted by molar-refractivity contribution is 7.92. The number of nitro benzene ring substituents is 1. The molecule has 0 unspecified atom stereocenters. The van der Waals surface area contributed by atoms with E-state index in [1.54, 1.807) is 0 Å². The van der Waals surface area contributed by atoms with Crippen LogP contribution in [0.1, 0.15) is 5.56 Å². The highest BCUT2D eigenvalue weighted by Crippen LogP contribution is 2.23. The fourth-order valence-electron chi connectivity index (χ4n) is 1.66. The average molecular weight is 328 g/mol. The van der Waals surface area contributed by atoms with Crippen LogP contribution in [0.25, 0.3) is 0 Å². The van der Waals surface area contributed by atoms with Crippen molar-refractivity contribution in [3.8, 4) is 0 Å². The van der Waals surface area contributed by atoms with Crippen molar-refractivity contribution in [3.63, 3.8) is 0 Å². The van der Waals surface area contributed by atoms with Crippen LogP contribution in [0.4, 0.5) is 11.4 Å². The van der Waals surface area contributed by atoms with E-state index >= 15 is 0 Å². The molecule has 0 fully saturated rings. The number of anilines is 1. The van der Waals surface area contributed by atoms with Crippen LogP contribution in [0.15, 0.2) is 41.4 Å². The molecule has 1 aromatic carbocycles. The first kappa shape index (κ1) is 15.2. The first-order valence-corrected chi connectivity index (χ1v) is 7.55. The number of pyridine rings is 1. The zero-order valence-corrected chi connectivity index (χ0v) is 12.4. The van der Waals surface area contributed by atoms with Crippen LogP contribution in [0.5, 0.6) is 0 Å². The number of aromatic nitrogens is 1. The van der Waals surface area contributed by atoms with E-state index in [4.69, 9.17) is 11.6 Å². The topological polar surface area (TPSA) is 102 Å². The van der Waals surface area contributed by atoms with Crippen molar-refractivity contribution in [1.29, 1.82) is 0 Å². The number of nitrogens with one attached hydrogen (secondary N) is 1. The van der Waals surface area contributed by atoms with Crippen LogP contribution in [0, 0.1) is 17.0 Å². The molecule has 2 rings (SSSR count). The van der Waals surface area contributed by atoms with Gasteiger partial charge in [-0.05, 0) is 31.2 Å². The molecule has 2 aromatic rings. The molecule has 7 nitrogen and oxygen atoms in total. The highest BCUT2D eigenvalue weighted by atomic mass is 35.5. The van der Waals surface area contributed by atoms with Gasteiger partial charge >= 0.3 is 0 Å². The standard InChI is InChI=1S/C12H10ClN3O4S/c1-8-6-9(2-4-11(8)16(17)18)15-21(19,20)10-3-5-12(13)14-7-10/h2-7,15H,1H3. The minimum atomic E-state index is -3.82. The van der Waals surface area contributed by atoms with Crippen molar-refractivity contribution in [2.75, 3.05) is 4.72 Å². The summed E-state index contributed by atoms with van der Waals surface area (Å²) < 4.78 is 26.6. The van der Waals surface area contributed by atoms with Gasteiger partial charge in [0.1, 0.15) is 10.0 Å². The Morgan fingerprint density at radius 2 is 2.00 bits per heavy atom. The number of aryl methyl sites for hydroxylation is 1. The van der Waals surface area contributed by atoms with Gasteiger partial charge < -0.3 is 0 Å². The van der Waals surface area contributed by atoms with Gasteiger partial charge in [0.25, 0.3) is 15.7 Å². The van der Waals surface area contributed by atoms with E-state index in [0.717, 1.165) is 6.20 Å². The van der Waals surface area contributed by atoms with E-state index in [-0.39, 0.29) is 21.4 Å². The van der Waals surface area contributed by atoms with E-state index in [9.17, 15) is 18.5 Å². The largest absolute Gasteiger partial charge is 0.280 e. The molecule has 0 saturated carbocycles. The second kappa shape index (κ2) is 5.66. The summed E-state index contributed by atoms with van der Waals surface area (Å²) in [7, 11) is -3.82. The lowest BCUT2D eigenvalue weighted by Crippen LogP contribution is -2.13. The molecular formula is C12H10ClN3O4S. The Morgan fingerprint density at radius 3 is 2.52 bits per heavy atom. The van der Waals surface area contributed by atoms with Crippen LogP contribution in [0.3, 0.4) is 0 Å². The van der Waals surface area contributed by atoms with Gasteiger partial charge in [-0.3, -0.25) is 14.8 Å². The Kier molecular flexibility index (Phi) is 4.10. The number of halogens is 1. The van der Waals surface area contributed by atoms with Crippen LogP contribution < -0.4 is 4.72 Å². The van der Waals surface area contributed by atoms with Gasteiger partial charge in [-0.25, -0.2) is 13.4 Å². The van der Waals surface area contributed by atoms with Crippen molar-refractivity contribution in [2.45, 2.75) is 11.8 Å². The molecule has 9 heteroatoms. The number of hydrogen-bond acceptors (Lipinski definition) is 5. The fourth-order valence-corrected chi connectivity index (χ4v) is 2.76. The number of rotatable bonds is 4. The van der Waals surface area contributed by atoms with Crippen LogP contribution in [0.2, 0.25) is 5.15 Å². The number of sulfonamides is 1. The average Bonchev–Trinajstić information content (AvgIpc) is 2.38. The lowest BCUT2D eigenvalue weighted by atomic mass is 10.2. The van der Waals surface area contributed by atoms with Gasteiger partial charge in [0.05, 0.1) is 4.92 Å². The van der Waals surface area contributed by atoms with E-state index in [2.05, 4.69) is 9.71 Å². The van der Waals surface area contributed by atoms with Gasteiger partial charge in [-0.15, -0.1) is 0 Å². The summed E-state index contributed by atoms with van der Waals surface area (Å²) in [6, 6.07) is 6.63. The van der Waals surface area contributed by atoms with Gasteiger partial charge in [0.15, 0.2) is 0 Å². The summed E-state index contributed by atoms with van der Waals surface area (Å²) in [5.41, 5.74) is 0.508. The summed E-state index contributed by atoms with van der Waals surface area (Å²) in [6.07, 6.45) is 1.13. The third kappa shape index (κ3) is 3.47. The first-order chi connectivity index (χ1) is 9.79. The van der Waals surface area contributed by atoms with Crippen molar-refractivity contribution in [2.24, 2.45) is 0 Å². The minimum Gasteiger partial charge on any atom is -0.280 e. The number of nitrogens with zero attached hydrogens (tertiary/aromatic N) is 2. The second-order valence-electron chi connectivity index (χ2n) is 4.18. The second-order valence-corrected chi connectivity index (χ2v) is 6.25. The normalized spacial score (nSPS) is 11.1. The highest BCUT2D eigenvalue weighted by Gasteiger charge is 2.16. The molecule has 110 valence electrons. The van der Waals surface area contributed by atoms with Crippen LogP contribution in [-0.4, -0.2) is 18.3 Å². The summed E-state index contributed by atoms with van der Waals surface area (Å²) in [6.45, 7) is 1.53. The maximum Gasteiger partial charge on any atom is 0.272 e. The lowest BCUT2D eigenvalue weighted by molar-refractivity contribution is -0.385. The molecule has 0 amide bonds. The predicted octanol–water partition coefficient (Wildman–Crippen LogP) is 2.75. The number of nitro groups is 1. The molecule has 0 saturated heterocycles. The molecule has 0 bridgehead atoms. The SMILES string of the molecule is Cc1cc(NS(=O)(=O)c2ccc(Cl)nc2)ccc1[N+](=O)[O-]. The molecule has 21 heavy (non-hydrogen) atoms. The summed E-state index contributed by atoms with van der Waals surface area (Å²) >= 11 is 5.60. The first-order valence-electron chi connectivity index (χ1n) is 5.69. The number of benzene rings is 1. The molecule has 0 aliphatic carbocycles. The van der Waals surface area contributed by atoms with Crippen molar-refractivity contribution in [3.05, 3.63) is 57.4 Å². The predicted molar refractivity (Wildman–Crippen MR) is 77.9 cm³/mol. The molecule has 0 radical (unpaired) electrons. The third-order valence-electron chi connectivity index (χ3n) is 2.66. The Balaban J connectivity index is 2.31. The summed E-state index contributed by atoms with van der Waals surface area (Å²) in [5, 5.41) is 10.9. The van der Waals surface area contributed by atoms with E-state index in [0.29, 0.717) is 5.56 Å². The molecular weight excluding hydrogens is 318 g/mol. The zero-order chi connectivity index (χ0) is 15.6. The van der Waals surface area contributed by atoms with E-state index in [1.807, 2.05) is 0 Å². The molecule has 1 N–H and O–H groups in total. The molecule has 0 aliphatic rings. The Bertz CT molecular complexity index is 791. The van der Waals surface area contributed by atoms with E-state index in [1.165, 1.54) is 37.3 Å². The lowest BCUT2D eigenvalue weighted by Gasteiger charge is -2.08. The quantitative estimate of drug-likeness (QED) is 0.528. The Hall–Kier alpha value is -2.19. The summed E-state index contributed by atoms with van der Waals surface area (Å²) in [5.74, 6) is 0. The van der Waals surface area contributed by atoms with Crippen molar-refractivity contribution in [1.82, 2.24) is 4.98 Å². The third-order valence-corrected chi connectivity index (χ3v) is 4.25. The monoisotopic (exact) mass is 327 g/mol. The molecule has 0 aliphatic heterocycles. The fraction of sp³-hybridized carbons (Fsp3) is 0.0833. The van der Waals surface area contributed by atoms with Crippen molar-refractivity contribution >= 4 is 33.0 Å². The van der Waals surface area contributed by atoms with Crippen LogP contribution in [-0.2, 0) is 10.0 Å².